The molecule has 0 fully saturated rings. The summed E-state index contributed by atoms with van der Waals surface area (Å²) in [6.07, 6.45) is 0. The first-order valence-corrected chi connectivity index (χ1v) is 10.8. The van der Waals surface area contributed by atoms with Crippen molar-refractivity contribution in [2.45, 2.75) is 4.90 Å². The number of benzene rings is 2. The number of fused-ring (bicyclic) bond motifs is 1. The predicted octanol–water partition coefficient (Wildman–Crippen LogP) is 4.50. The molecular weight excluding hydrogens is 408 g/mol. The van der Waals surface area contributed by atoms with Gasteiger partial charge in [0, 0.05) is 22.3 Å². The quantitative estimate of drug-likeness (QED) is 0.568. The van der Waals surface area contributed by atoms with Crippen LogP contribution in [0.25, 0.3) is 0 Å². The summed E-state index contributed by atoms with van der Waals surface area (Å²) in [4.78, 5) is 25.9. The lowest BCUT2D eigenvalue weighted by atomic mass is 10.2. The monoisotopic (exact) mass is 426 g/mol. The summed E-state index contributed by atoms with van der Waals surface area (Å²) >= 11 is 2.82. The molecule has 0 aliphatic carbocycles. The number of carbonyl (C=O) groups excluding carboxylic acids is 2. The minimum Gasteiger partial charge on any atom is -0.486 e. The van der Waals surface area contributed by atoms with Crippen LogP contribution < -0.4 is 20.1 Å². The fourth-order valence-corrected chi connectivity index (χ4v) is 4.02. The first-order valence-electron chi connectivity index (χ1n) is 8.94. The Bertz CT molecular complexity index is 1000. The van der Waals surface area contributed by atoms with E-state index in [9.17, 15) is 9.59 Å². The van der Waals surface area contributed by atoms with Crippen molar-refractivity contribution in [1.82, 2.24) is 0 Å². The molecule has 4 rings (SSSR count). The van der Waals surface area contributed by atoms with Crippen LogP contribution in [0.3, 0.4) is 0 Å². The van der Waals surface area contributed by atoms with Crippen LogP contribution in [-0.4, -0.2) is 30.8 Å². The fraction of sp³-hybridized carbons (Fsp3) is 0.143. The minimum absolute atomic E-state index is 0.109. The van der Waals surface area contributed by atoms with E-state index in [0.717, 1.165) is 4.90 Å². The molecule has 1 aliphatic heterocycles. The SMILES string of the molecule is O=C(CSc1ccc(NC(=O)c2cccs2)cc1)Nc1ccc2c(c1)OCCO2. The summed E-state index contributed by atoms with van der Waals surface area (Å²) in [5.41, 5.74) is 1.39. The fourth-order valence-electron chi connectivity index (χ4n) is 2.70. The third kappa shape index (κ3) is 5.10. The highest BCUT2D eigenvalue weighted by molar-refractivity contribution is 8.00. The average Bonchev–Trinajstić information content (AvgIpc) is 3.28. The number of amides is 2. The van der Waals surface area contributed by atoms with Crippen molar-refractivity contribution < 1.29 is 19.1 Å². The Balaban J connectivity index is 1.27. The van der Waals surface area contributed by atoms with Crippen LogP contribution in [0, 0.1) is 0 Å². The second-order valence-corrected chi connectivity index (χ2v) is 8.15. The van der Waals surface area contributed by atoms with Gasteiger partial charge in [0.05, 0.1) is 10.6 Å². The third-order valence-corrected chi connectivity index (χ3v) is 5.93. The van der Waals surface area contributed by atoms with Crippen molar-refractivity contribution in [3.8, 4) is 11.5 Å². The van der Waals surface area contributed by atoms with Crippen LogP contribution in [0.15, 0.2) is 64.9 Å². The largest absolute Gasteiger partial charge is 0.486 e. The highest BCUT2D eigenvalue weighted by Gasteiger charge is 2.13. The molecule has 2 amide bonds. The zero-order valence-corrected chi connectivity index (χ0v) is 17.0. The predicted molar refractivity (Wildman–Crippen MR) is 115 cm³/mol. The Hall–Kier alpha value is -2.97. The number of nitrogens with one attached hydrogen (secondary N) is 2. The number of hydrogen-bond donors (Lipinski definition) is 2. The zero-order chi connectivity index (χ0) is 20.1. The van der Waals surface area contributed by atoms with Crippen molar-refractivity contribution in [2.24, 2.45) is 0 Å². The second kappa shape index (κ2) is 9.02. The molecule has 8 heteroatoms. The van der Waals surface area contributed by atoms with Crippen molar-refractivity contribution in [3.05, 3.63) is 64.9 Å². The Labute approximate surface area is 176 Å². The van der Waals surface area contributed by atoms with Gasteiger partial charge in [0.15, 0.2) is 11.5 Å². The Morgan fingerprint density at radius 3 is 2.45 bits per heavy atom. The molecule has 29 heavy (non-hydrogen) atoms. The van der Waals surface area contributed by atoms with Gasteiger partial charge in [0.1, 0.15) is 13.2 Å². The number of ether oxygens (including phenoxy) is 2. The standard InChI is InChI=1S/C21H18N2O4S2/c24-20(22-15-5-8-17-18(12-15)27-10-9-26-17)13-29-16-6-3-14(4-7-16)23-21(25)19-2-1-11-28-19/h1-8,11-12H,9-10,13H2,(H,22,24)(H,23,25). The number of anilines is 2. The van der Waals surface area contributed by atoms with Gasteiger partial charge in [-0.1, -0.05) is 6.07 Å². The molecule has 148 valence electrons. The molecule has 2 aromatic carbocycles. The zero-order valence-electron chi connectivity index (χ0n) is 15.3. The van der Waals surface area contributed by atoms with Crippen molar-refractivity contribution in [3.63, 3.8) is 0 Å². The molecule has 0 unspecified atom stereocenters. The van der Waals surface area contributed by atoms with Gasteiger partial charge in [0.2, 0.25) is 5.91 Å². The summed E-state index contributed by atoms with van der Waals surface area (Å²) in [7, 11) is 0. The topological polar surface area (TPSA) is 76.7 Å². The highest BCUT2D eigenvalue weighted by Crippen LogP contribution is 2.32. The molecule has 0 atom stereocenters. The van der Waals surface area contributed by atoms with E-state index in [0.29, 0.717) is 41.0 Å². The van der Waals surface area contributed by atoms with Gasteiger partial charge in [-0.3, -0.25) is 9.59 Å². The van der Waals surface area contributed by atoms with Crippen LogP contribution in [0.2, 0.25) is 0 Å². The van der Waals surface area contributed by atoms with E-state index in [2.05, 4.69) is 10.6 Å². The van der Waals surface area contributed by atoms with Gasteiger partial charge in [-0.15, -0.1) is 23.1 Å². The van der Waals surface area contributed by atoms with E-state index >= 15 is 0 Å². The van der Waals surface area contributed by atoms with Gasteiger partial charge in [-0.2, -0.15) is 0 Å². The van der Waals surface area contributed by atoms with Crippen LogP contribution in [0.1, 0.15) is 9.67 Å². The van der Waals surface area contributed by atoms with Crippen LogP contribution in [-0.2, 0) is 4.79 Å². The minimum atomic E-state index is -0.126. The Morgan fingerprint density at radius 2 is 1.69 bits per heavy atom. The molecule has 1 aliphatic rings. The number of hydrogen-bond acceptors (Lipinski definition) is 6. The summed E-state index contributed by atoms with van der Waals surface area (Å²) in [6.45, 7) is 1.04. The second-order valence-electron chi connectivity index (χ2n) is 6.15. The summed E-state index contributed by atoms with van der Waals surface area (Å²) in [6, 6.07) is 16.4. The molecule has 2 N–H and O–H groups in total. The van der Waals surface area contributed by atoms with Gasteiger partial charge in [-0.25, -0.2) is 0 Å². The normalized spacial score (nSPS) is 12.3. The number of thiophene rings is 1. The maximum atomic E-state index is 12.2. The molecule has 3 aromatic rings. The van der Waals surface area contributed by atoms with Gasteiger partial charge >= 0.3 is 0 Å². The van der Waals surface area contributed by atoms with Gasteiger partial charge < -0.3 is 20.1 Å². The molecule has 1 aromatic heterocycles. The van der Waals surface area contributed by atoms with Crippen LogP contribution >= 0.6 is 23.1 Å². The van der Waals surface area contributed by atoms with E-state index < -0.39 is 0 Å². The first kappa shape index (κ1) is 19.4. The van der Waals surface area contributed by atoms with Crippen molar-refractivity contribution in [1.29, 1.82) is 0 Å². The van der Waals surface area contributed by atoms with E-state index in [-0.39, 0.29) is 17.6 Å². The molecule has 0 saturated heterocycles. The summed E-state index contributed by atoms with van der Waals surface area (Å²) in [5, 5.41) is 7.58. The average molecular weight is 427 g/mol. The lowest BCUT2D eigenvalue weighted by Crippen LogP contribution is -2.17. The summed E-state index contributed by atoms with van der Waals surface area (Å²) < 4.78 is 11.0. The van der Waals surface area contributed by atoms with Crippen molar-refractivity contribution >= 4 is 46.3 Å². The van der Waals surface area contributed by atoms with E-state index in [1.165, 1.54) is 23.1 Å². The maximum absolute atomic E-state index is 12.2. The molecule has 0 radical (unpaired) electrons. The Morgan fingerprint density at radius 1 is 0.931 bits per heavy atom. The molecule has 2 heterocycles. The van der Waals surface area contributed by atoms with Crippen LogP contribution in [0.4, 0.5) is 11.4 Å². The number of carbonyl (C=O) groups is 2. The lowest BCUT2D eigenvalue weighted by molar-refractivity contribution is -0.113. The van der Waals surface area contributed by atoms with E-state index in [1.807, 2.05) is 35.7 Å². The third-order valence-electron chi connectivity index (χ3n) is 4.05. The molecule has 0 spiro atoms. The maximum Gasteiger partial charge on any atom is 0.265 e. The molecule has 6 nitrogen and oxygen atoms in total. The van der Waals surface area contributed by atoms with E-state index in [1.54, 1.807) is 24.3 Å². The molecule has 0 saturated carbocycles. The smallest absolute Gasteiger partial charge is 0.265 e. The molecule has 0 bridgehead atoms. The van der Waals surface area contributed by atoms with Crippen LogP contribution in [0.5, 0.6) is 11.5 Å². The first-order chi connectivity index (χ1) is 14.2. The number of rotatable bonds is 6. The highest BCUT2D eigenvalue weighted by atomic mass is 32.2. The summed E-state index contributed by atoms with van der Waals surface area (Å²) in [5.74, 6) is 1.37. The molecular formula is C21H18N2O4S2. The Kier molecular flexibility index (Phi) is 6.02. The van der Waals surface area contributed by atoms with Gasteiger partial charge in [0.25, 0.3) is 5.91 Å². The van der Waals surface area contributed by atoms with Gasteiger partial charge in [-0.05, 0) is 47.8 Å². The van der Waals surface area contributed by atoms with E-state index in [4.69, 9.17) is 9.47 Å². The lowest BCUT2D eigenvalue weighted by Gasteiger charge is -2.19. The number of thioether (sulfide) groups is 1. The van der Waals surface area contributed by atoms with Crippen molar-refractivity contribution in [2.75, 3.05) is 29.6 Å².